The second kappa shape index (κ2) is 6.10. The molecule has 0 saturated carbocycles. The molecule has 1 unspecified atom stereocenters. The van der Waals surface area contributed by atoms with Crippen LogP contribution >= 0.6 is 11.3 Å². The Balaban J connectivity index is 2.19. The molecule has 1 aromatic heterocycles. The van der Waals surface area contributed by atoms with E-state index in [1.807, 2.05) is 13.0 Å². The molecule has 1 atom stereocenters. The lowest BCUT2D eigenvalue weighted by molar-refractivity contribution is -0.138. The van der Waals surface area contributed by atoms with E-state index in [4.69, 9.17) is 0 Å². The number of aryl methyl sites for hydroxylation is 2. The highest BCUT2D eigenvalue weighted by molar-refractivity contribution is 7.12. The number of thiophene rings is 1. The van der Waals surface area contributed by atoms with Crippen molar-refractivity contribution < 1.29 is 13.2 Å². The van der Waals surface area contributed by atoms with Gasteiger partial charge in [0.15, 0.2) is 0 Å². The van der Waals surface area contributed by atoms with E-state index >= 15 is 0 Å². The van der Waals surface area contributed by atoms with Crippen molar-refractivity contribution in [3.05, 3.63) is 51.2 Å². The van der Waals surface area contributed by atoms with Gasteiger partial charge in [0.2, 0.25) is 0 Å². The summed E-state index contributed by atoms with van der Waals surface area (Å²) in [6.45, 7) is 5.52. The summed E-state index contributed by atoms with van der Waals surface area (Å²) in [6.07, 6.45) is -3.34. The molecule has 0 aliphatic carbocycles. The molecule has 1 aromatic carbocycles. The minimum atomic E-state index is -4.32. The van der Waals surface area contributed by atoms with Crippen LogP contribution in [-0.2, 0) is 12.6 Å². The summed E-state index contributed by atoms with van der Waals surface area (Å²) in [5.41, 5.74) is 0.150. The van der Waals surface area contributed by atoms with Crippen LogP contribution < -0.4 is 5.32 Å². The summed E-state index contributed by atoms with van der Waals surface area (Å²) in [7, 11) is 0. The predicted molar refractivity (Wildman–Crippen MR) is 81.9 cm³/mol. The number of anilines is 1. The average Bonchev–Trinajstić information content (AvgIpc) is 2.88. The lowest BCUT2D eigenvalue weighted by atomic mass is 10.1. The molecule has 0 saturated heterocycles. The molecule has 1 nitrogen and oxygen atoms in total. The topological polar surface area (TPSA) is 12.0 Å². The highest BCUT2D eigenvalue weighted by Crippen LogP contribution is 2.34. The van der Waals surface area contributed by atoms with Gasteiger partial charge in [-0.25, -0.2) is 0 Å². The molecule has 1 N–H and O–H groups in total. The van der Waals surface area contributed by atoms with Crippen molar-refractivity contribution in [1.29, 1.82) is 0 Å². The largest absolute Gasteiger partial charge is 0.416 e. The maximum atomic E-state index is 12.9. The Morgan fingerprint density at radius 3 is 2.48 bits per heavy atom. The molecule has 0 spiro atoms. The second-order valence-electron chi connectivity index (χ2n) is 5.05. The van der Waals surface area contributed by atoms with Crippen molar-refractivity contribution in [1.82, 2.24) is 0 Å². The van der Waals surface area contributed by atoms with E-state index in [0.717, 1.165) is 11.3 Å². The van der Waals surface area contributed by atoms with Crippen LogP contribution in [0, 0.1) is 6.92 Å². The second-order valence-corrected chi connectivity index (χ2v) is 6.25. The molecule has 0 aliphatic rings. The zero-order chi connectivity index (χ0) is 15.6. The molecule has 2 aromatic rings. The number of hydrogen-bond donors (Lipinski definition) is 1. The number of hydrogen-bond acceptors (Lipinski definition) is 2. The van der Waals surface area contributed by atoms with E-state index in [-0.39, 0.29) is 11.6 Å². The van der Waals surface area contributed by atoms with Crippen LogP contribution in [0.4, 0.5) is 18.9 Å². The molecule has 21 heavy (non-hydrogen) atoms. The molecule has 0 aliphatic heterocycles. The number of halogens is 3. The summed E-state index contributed by atoms with van der Waals surface area (Å²) in [5, 5.41) is 3.15. The van der Waals surface area contributed by atoms with Gasteiger partial charge < -0.3 is 5.32 Å². The van der Waals surface area contributed by atoms with Gasteiger partial charge in [-0.15, -0.1) is 11.3 Å². The molecule has 0 radical (unpaired) electrons. The first-order chi connectivity index (χ1) is 9.81. The molecule has 0 fully saturated rings. The Morgan fingerprint density at radius 2 is 1.90 bits per heavy atom. The summed E-state index contributed by atoms with van der Waals surface area (Å²) >= 11 is 1.69. The van der Waals surface area contributed by atoms with Crippen LogP contribution in [0.5, 0.6) is 0 Å². The van der Waals surface area contributed by atoms with Crippen LogP contribution in [0.15, 0.2) is 30.3 Å². The standard InChI is InChI=1S/C16H18F3NS/c1-4-13-7-8-15(21-13)11(3)20-12-6-5-10(2)14(9-12)16(17,18)19/h5-9,11,20H,4H2,1-3H3. The van der Waals surface area contributed by atoms with E-state index < -0.39 is 11.7 Å². The molecular formula is C16H18F3NS. The van der Waals surface area contributed by atoms with Crippen molar-refractivity contribution in [2.45, 2.75) is 39.4 Å². The number of rotatable bonds is 4. The van der Waals surface area contributed by atoms with Crippen LogP contribution in [0.1, 0.15) is 40.8 Å². The molecule has 2 rings (SSSR count). The third kappa shape index (κ3) is 3.79. The molecule has 0 bridgehead atoms. The van der Waals surface area contributed by atoms with E-state index in [1.54, 1.807) is 17.4 Å². The number of nitrogens with one attached hydrogen (secondary N) is 1. The van der Waals surface area contributed by atoms with Gasteiger partial charge in [0, 0.05) is 15.4 Å². The fourth-order valence-electron chi connectivity index (χ4n) is 2.16. The van der Waals surface area contributed by atoms with Crippen LogP contribution in [0.3, 0.4) is 0 Å². The maximum Gasteiger partial charge on any atom is 0.416 e. The van der Waals surface area contributed by atoms with E-state index in [9.17, 15) is 13.2 Å². The SMILES string of the molecule is CCc1ccc(C(C)Nc2ccc(C)c(C(F)(F)F)c2)s1. The molecular weight excluding hydrogens is 295 g/mol. The van der Waals surface area contributed by atoms with E-state index in [1.165, 1.54) is 23.9 Å². The van der Waals surface area contributed by atoms with Crippen molar-refractivity contribution in [3.8, 4) is 0 Å². The minimum Gasteiger partial charge on any atom is -0.378 e. The Kier molecular flexibility index (Phi) is 4.61. The summed E-state index contributed by atoms with van der Waals surface area (Å²) in [4.78, 5) is 2.40. The zero-order valence-corrected chi connectivity index (χ0v) is 13.0. The first-order valence-electron chi connectivity index (χ1n) is 6.84. The van der Waals surface area contributed by atoms with Gasteiger partial charge in [-0.2, -0.15) is 13.2 Å². The van der Waals surface area contributed by atoms with Crippen molar-refractivity contribution in [2.75, 3.05) is 5.32 Å². The van der Waals surface area contributed by atoms with Crippen LogP contribution in [0.25, 0.3) is 0 Å². The fourth-order valence-corrected chi connectivity index (χ4v) is 3.11. The van der Waals surface area contributed by atoms with Gasteiger partial charge in [-0.1, -0.05) is 13.0 Å². The summed E-state index contributed by atoms with van der Waals surface area (Å²) in [6, 6.07) is 8.45. The van der Waals surface area contributed by atoms with Gasteiger partial charge in [0.1, 0.15) is 0 Å². The monoisotopic (exact) mass is 313 g/mol. The quantitative estimate of drug-likeness (QED) is 0.751. The summed E-state index contributed by atoms with van der Waals surface area (Å²) < 4.78 is 38.7. The van der Waals surface area contributed by atoms with Gasteiger partial charge in [0.05, 0.1) is 11.6 Å². The zero-order valence-electron chi connectivity index (χ0n) is 12.2. The fraction of sp³-hybridized carbons (Fsp3) is 0.375. The number of benzene rings is 1. The van der Waals surface area contributed by atoms with Crippen LogP contribution in [-0.4, -0.2) is 0 Å². The number of alkyl halides is 3. The predicted octanol–water partition coefficient (Wildman–Crippen LogP) is 5.81. The lowest BCUT2D eigenvalue weighted by Gasteiger charge is -2.17. The first-order valence-corrected chi connectivity index (χ1v) is 7.66. The molecule has 5 heteroatoms. The normalized spacial score (nSPS) is 13.2. The highest BCUT2D eigenvalue weighted by atomic mass is 32.1. The van der Waals surface area contributed by atoms with Gasteiger partial charge in [0.25, 0.3) is 0 Å². The molecule has 114 valence electrons. The van der Waals surface area contributed by atoms with Crippen molar-refractivity contribution in [2.24, 2.45) is 0 Å². The van der Waals surface area contributed by atoms with E-state index in [2.05, 4.69) is 18.3 Å². The minimum absolute atomic E-state index is 0.0147. The maximum absolute atomic E-state index is 12.9. The van der Waals surface area contributed by atoms with Gasteiger partial charge >= 0.3 is 6.18 Å². The Bertz CT molecular complexity index is 616. The third-order valence-corrected chi connectivity index (χ3v) is 4.80. The van der Waals surface area contributed by atoms with Crippen molar-refractivity contribution in [3.63, 3.8) is 0 Å². The molecule has 0 amide bonds. The van der Waals surface area contributed by atoms with Crippen molar-refractivity contribution >= 4 is 17.0 Å². The van der Waals surface area contributed by atoms with E-state index in [0.29, 0.717) is 5.69 Å². The van der Waals surface area contributed by atoms with Gasteiger partial charge in [-0.3, -0.25) is 0 Å². The average molecular weight is 313 g/mol. The molecule has 1 heterocycles. The Labute approximate surface area is 126 Å². The third-order valence-electron chi connectivity index (χ3n) is 3.38. The Hall–Kier alpha value is -1.49. The highest BCUT2D eigenvalue weighted by Gasteiger charge is 2.32. The Morgan fingerprint density at radius 1 is 1.19 bits per heavy atom. The lowest BCUT2D eigenvalue weighted by Crippen LogP contribution is -2.10. The first kappa shape index (κ1) is 15.9. The summed E-state index contributed by atoms with van der Waals surface area (Å²) in [5.74, 6) is 0. The smallest absolute Gasteiger partial charge is 0.378 e. The van der Waals surface area contributed by atoms with Gasteiger partial charge in [-0.05, 0) is 50.1 Å². The van der Waals surface area contributed by atoms with Crippen LogP contribution in [0.2, 0.25) is 0 Å².